The molecule has 2 aromatic rings. The van der Waals surface area contributed by atoms with Gasteiger partial charge in [-0.05, 0) is 35.7 Å². The average Bonchev–Trinajstić information content (AvgIpc) is 2.59. The van der Waals surface area contributed by atoms with Crippen molar-refractivity contribution in [2.45, 2.75) is 19.4 Å². The van der Waals surface area contributed by atoms with Crippen LogP contribution in [0.15, 0.2) is 36.4 Å². The standard InChI is InChI=1S/C18H20ClNO4/c1-23-15-8-7-13(17(19)18(15)24-2)11-20-14-5-3-4-12(10-14)6-9-16(21)22/h3-5,7-8,10,20H,6,9,11H2,1-2H3,(H,21,22). The third-order valence-electron chi connectivity index (χ3n) is 3.60. The maximum Gasteiger partial charge on any atom is 0.303 e. The highest BCUT2D eigenvalue weighted by molar-refractivity contribution is 6.33. The van der Waals surface area contributed by atoms with E-state index >= 15 is 0 Å². The molecule has 6 heteroatoms. The Balaban J connectivity index is 2.08. The minimum Gasteiger partial charge on any atom is -0.493 e. The number of hydrogen-bond donors (Lipinski definition) is 2. The van der Waals surface area contributed by atoms with E-state index in [-0.39, 0.29) is 6.42 Å². The van der Waals surface area contributed by atoms with E-state index in [1.807, 2.05) is 36.4 Å². The molecule has 0 saturated carbocycles. The van der Waals surface area contributed by atoms with Crippen molar-refractivity contribution in [1.82, 2.24) is 0 Å². The Morgan fingerprint density at radius 1 is 1.21 bits per heavy atom. The molecule has 128 valence electrons. The summed E-state index contributed by atoms with van der Waals surface area (Å²) in [5.41, 5.74) is 2.76. The van der Waals surface area contributed by atoms with E-state index in [0.717, 1.165) is 16.8 Å². The van der Waals surface area contributed by atoms with Crippen LogP contribution >= 0.6 is 11.6 Å². The molecular weight excluding hydrogens is 330 g/mol. The quantitative estimate of drug-likeness (QED) is 0.754. The topological polar surface area (TPSA) is 67.8 Å². The summed E-state index contributed by atoms with van der Waals surface area (Å²) in [6, 6.07) is 11.4. The number of aryl methyl sites for hydroxylation is 1. The SMILES string of the molecule is COc1ccc(CNc2cccc(CCC(=O)O)c2)c(Cl)c1OC. The Morgan fingerprint density at radius 2 is 2.00 bits per heavy atom. The number of carbonyl (C=O) groups is 1. The Kier molecular flexibility index (Phi) is 6.32. The second-order valence-corrected chi connectivity index (χ2v) is 5.60. The summed E-state index contributed by atoms with van der Waals surface area (Å²) in [6.07, 6.45) is 0.618. The molecule has 0 amide bonds. The predicted molar refractivity (Wildman–Crippen MR) is 94.3 cm³/mol. The lowest BCUT2D eigenvalue weighted by atomic mass is 10.1. The van der Waals surface area contributed by atoms with Crippen molar-refractivity contribution in [3.05, 3.63) is 52.5 Å². The number of rotatable bonds is 8. The highest BCUT2D eigenvalue weighted by Crippen LogP contribution is 2.37. The fraction of sp³-hybridized carbons (Fsp3) is 0.278. The van der Waals surface area contributed by atoms with E-state index in [2.05, 4.69) is 5.32 Å². The normalized spacial score (nSPS) is 10.3. The van der Waals surface area contributed by atoms with E-state index in [0.29, 0.717) is 29.5 Å². The molecule has 0 aromatic heterocycles. The Hall–Kier alpha value is -2.40. The lowest BCUT2D eigenvalue weighted by molar-refractivity contribution is -0.136. The van der Waals surface area contributed by atoms with Crippen molar-refractivity contribution in [2.24, 2.45) is 0 Å². The highest BCUT2D eigenvalue weighted by Gasteiger charge is 2.12. The van der Waals surface area contributed by atoms with E-state index < -0.39 is 5.97 Å². The molecule has 2 N–H and O–H groups in total. The molecule has 2 rings (SSSR count). The monoisotopic (exact) mass is 349 g/mol. The van der Waals surface area contributed by atoms with Crippen LogP contribution in [0.25, 0.3) is 0 Å². The number of anilines is 1. The number of benzene rings is 2. The summed E-state index contributed by atoms with van der Waals surface area (Å²) >= 11 is 6.36. The number of halogens is 1. The summed E-state index contributed by atoms with van der Waals surface area (Å²) in [5, 5.41) is 12.6. The van der Waals surface area contributed by atoms with Crippen molar-refractivity contribution >= 4 is 23.3 Å². The minimum absolute atomic E-state index is 0.116. The van der Waals surface area contributed by atoms with Gasteiger partial charge in [0.05, 0.1) is 19.2 Å². The van der Waals surface area contributed by atoms with Gasteiger partial charge in [0.1, 0.15) is 0 Å². The molecule has 0 radical (unpaired) electrons. The molecule has 0 spiro atoms. The molecule has 0 heterocycles. The number of nitrogens with one attached hydrogen (secondary N) is 1. The van der Waals surface area contributed by atoms with Crippen molar-refractivity contribution in [3.8, 4) is 11.5 Å². The molecule has 0 saturated heterocycles. The van der Waals surface area contributed by atoms with Crippen LogP contribution in [0, 0.1) is 0 Å². The summed E-state index contributed by atoms with van der Waals surface area (Å²) in [7, 11) is 3.11. The molecule has 0 aliphatic rings. The van der Waals surface area contributed by atoms with Gasteiger partial charge in [-0.25, -0.2) is 0 Å². The van der Waals surface area contributed by atoms with Gasteiger partial charge in [-0.1, -0.05) is 29.8 Å². The summed E-state index contributed by atoms with van der Waals surface area (Å²) in [6.45, 7) is 0.515. The average molecular weight is 350 g/mol. The zero-order valence-electron chi connectivity index (χ0n) is 13.6. The van der Waals surface area contributed by atoms with Crippen LogP contribution < -0.4 is 14.8 Å². The first-order valence-electron chi connectivity index (χ1n) is 7.49. The van der Waals surface area contributed by atoms with Crippen LogP contribution in [-0.4, -0.2) is 25.3 Å². The number of ether oxygens (including phenoxy) is 2. The first-order chi connectivity index (χ1) is 11.5. The van der Waals surface area contributed by atoms with Gasteiger partial charge in [0, 0.05) is 18.7 Å². The number of carboxylic acid groups (broad SMARTS) is 1. The Bertz CT molecular complexity index is 718. The predicted octanol–water partition coefficient (Wildman–Crippen LogP) is 3.99. The zero-order valence-corrected chi connectivity index (χ0v) is 14.4. The molecule has 0 aliphatic heterocycles. The smallest absolute Gasteiger partial charge is 0.303 e. The molecule has 0 fully saturated rings. The van der Waals surface area contributed by atoms with Gasteiger partial charge >= 0.3 is 5.97 Å². The minimum atomic E-state index is -0.800. The van der Waals surface area contributed by atoms with Crippen LogP contribution in [0.2, 0.25) is 5.02 Å². The maximum absolute atomic E-state index is 10.7. The van der Waals surface area contributed by atoms with Gasteiger partial charge in [-0.15, -0.1) is 0 Å². The zero-order chi connectivity index (χ0) is 17.5. The second kappa shape index (κ2) is 8.45. The van der Waals surface area contributed by atoms with Crippen LogP contribution in [0.5, 0.6) is 11.5 Å². The number of carboxylic acids is 1. The van der Waals surface area contributed by atoms with Crippen molar-refractivity contribution in [3.63, 3.8) is 0 Å². The molecular formula is C18H20ClNO4. The summed E-state index contributed by atoms with van der Waals surface area (Å²) in [5.74, 6) is 0.293. The van der Waals surface area contributed by atoms with Gasteiger partial charge in [0.2, 0.25) is 0 Å². The van der Waals surface area contributed by atoms with E-state index in [9.17, 15) is 4.79 Å². The van der Waals surface area contributed by atoms with Gasteiger partial charge in [0.15, 0.2) is 11.5 Å². The van der Waals surface area contributed by atoms with E-state index in [1.165, 1.54) is 0 Å². The number of hydrogen-bond acceptors (Lipinski definition) is 4. The number of methoxy groups -OCH3 is 2. The fourth-order valence-corrected chi connectivity index (χ4v) is 2.65. The van der Waals surface area contributed by atoms with Gasteiger partial charge in [-0.3, -0.25) is 4.79 Å². The van der Waals surface area contributed by atoms with E-state index in [1.54, 1.807) is 14.2 Å². The summed E-state index contributed by atoms with van der Waals surface area (Å²) in [4.78, 5) is 10.7. The lowest BCUT2D eigenvalue weighted by Crippen LogP contribution is -2.03. The second-order valence-electron chi connectivity index (χ2n) is 5.22. The number of aliphatic carboxylic acids is 1. The molecule has 5 nitrogen and oxygen atoms in total. The van der Waals surface area contributed by atoms with E-state index in [4.69, 9.17) is 26.2 Å². The first kappa shape index (κ1) is 17.9. The third-order valence-corrected chi connectivity index (χ3v) is 4.02. The lowest BCUT2D eigenvalue weighted by Gasteiger charge is -2.14. The van der Waals surface area contributed by atoms with Crippen molar-refractivity contribution in [2.75, 3.05) is 19.5 Å². The molecule has 2 aromatic carbocycles. The van der Waals surface area contributed by atoms with Crippen LogP contribution in [0.4, 0.5) is 5.69 Å². The van der Waals surface area contributed by atoms with Crippen LogP contribution in [0.1, 0.15) is 17.5 Å². The molecule has 0 unspecified atom stereocenters. The van der Waals surface area contributed by atoms with Crippen molar-refractivity contribution in [1.29, 1.82) is 0 Å². The molecule has 0 bridgehead atoms. The highest BCUT2D eigenvalue weighted by atomic mass is 35.5. The molecule has 0 aliphatic carbocycles. The largest absolute Gasteiger partial charge is 0.493 e. The van der Waals surface area contributed by atoms with Gasteiger partial charge in [-0.2, -0.15) is 0 Å². The summed E-state index contributed by atoms with van der Waals surface area (Å²) < 4.78 is 10.5. The third kappa shape index (κ3) is 4.55. The molecule has 0 atom stereocenters. The van der Waals surface area contributed by atoms with Gasteiger partial charge < -0.3 is 19.9 Å². The van der Waals surface area contributed by atoms with Crippen LogP contribution in [0.3, 0.4) is 0 Å². The Labute approximate surface area is 146 Å². The van der Waals surface area contributed by atoms with Crippen molar-refractivity contribution < 1.29 is 19.4 Å². The maximum atomic E-state index is 10.7. The van der Waals surface area contributed by atoms with Gasteiger partial charge in [0.25, 0.3) is 0 Å². The first-order valence-corrected chi connectivity index (χ1v) is 7.87. The Morgan fingerprint density at radius 3 is 2.67 bits per heavy atom. The fourth-order valence-electron chi connectivity index (χ4n) is 2.35. The van der Waals surface area contributed by atoms with Crippen LogP contribution in [-0.2, 0) is 17.8 Å². The molecule has 24 heavy (non-hydrogen) atoms.